The highest BCUT2D eigenvalue weighted by Gasteiger charge is 2.72. The number of aryl methyl sites for hydroxylation is 1. The van der Waals surface area contributed by atoms with E-state index in [1.807, 2.05) is 0 Å². The average Bonchev–Trinajstić information content (AvgIpc) is 2.26. The Hall–Kier alpha value is -1.31. The normalized spacial score (nSPS) is 15.2. The zero-order valence-electron chi connectivity index (χ0n) is 10.2. The van der Waals surface area contributed by atoms with Gasteiger partial charge in [-0.05, 0) is 12.5 Å². The molecule has 0 aliphatic rings. The van der Waals surface area contributed by atoms with E-state index in [1.54, 1.807) is 13.0 Å². The lowest BCUT2D eigenvalue weighted by Crippen LogP contribution is -2.52. The Balaban J connectivity index is 2.96. The molecule has 0 aromatic heterocycles. The van der Waals surface area contributed by atoms with Crippen LogP contribution in [0.2, 0.25) is 0 Å². The molecule has 1 aromatic carbocycles. The molecular formula is C12H11F7O. The van der Waals surface area contributed by atoms with Crippen LogP contribution in [0.3, 0.4) is 0 Å². The van der Waals surface area contributed by atoms with Crippen molar-refractivity contribution >= 4 is 0 Å². The van der Waals surface area contributed by atoms with Crippen molar-refractivity contribution in [2.75, 3.05) is 0 Å². The second kappa shape index (κ2) is 5.23. The number of hydrogen-bond acceptors (Lipinski definition) is 1. The molecule has 1 unspecified atom stereocenters. The zero-order chi connectivity index (χ0) is 15.8. The fourth-order valence-electron chi connectivity index (χ4n) is 1.57. The standard InChI is InChI=1S/C12H11F7O/c1-7-3-2-4-8(5-7)9(20)6-10(13,14)11(15,16)12(17,18)19/h2-5,9,20H,6H2,1H3. The molecule has 0 bridgehead atoms. The van der Waals surface area contributed by atoms with Gasteiger partial charge in [0.15, 0.2) is 0 Å². The molecule has 0 radical (unpaired) electrons. The lowest BCUT2D eigenvalue weighted by molar-refractivity contribution is -0.358. The van der Waals surface area contributed by atoms with Gasteiger partial charge in [0.25, 0.3) is 0 Å². The first-order chi connectivity index (χ1) is 8.88. The van der Waals surface area contributed by atoms with Gasteiger partial charge in [0.05, 0.1) is 6.10 Å². The predicted molar refractivity (Wildman–Crippen MR) is 56.7 cm³/mol. The molecule has 0 heterocycles. The van der Waals surface area contributed by atoms with E-state index >= 15 is 0 Å². The SMILES string of the molecule is Cc1cccc(C(O)CC(F)(F)C(F)(F)C(F)(F)F)c1. The fourth-order valence-corrected chi connectivity index (χ4v) is 1.57. The summed E-state index contributed by atoms with van der Waals surface area (Å²) in [6.45, 7) is 1.55. The van der Waals surface area contributed by atoms with Crippen LogP contribution in [0.1, 0.15) is 23.7 Å². The van der Waals surface area contributed by atoms with Gasteiger partial charge in [-0.25, -0.2) is 0 Å². The monoisotopic (exact) mass is 304 g/mol. The summed E-state index contributed by atoms with van der Waals surface area (Å²) in [5.74, 6) is -11.6. The fraction of sp³-hybridized carbons (Fsp3) is 0.500. The van der Waals surface area contributed by atoms with Crippen molar-refractivity contribution in [3.8, 4) is 0 Å². The molecule has 0 aliphatic heterocycles. The van der Waals surface area contributed by atoms with Crippen LogP contribution in [-0.2, 0) is 0 Å². The third-order valence-electron chi connectivity index (χ3n) is 2.69. The van der Waals surface area contributed by atoms with E-state index in [4.69, 9.17) is 0 Å². The first-order valence-electron chi connectivity index (χ1n) is 5.45. The minimum absolute atomic E-state index is 0.150. The van der Waals surface area contributed by atoms with E-state index in [1.165, 1.54) is 18.2 Å². The molecule has 1 rings (SSSR count). The lowest BCUT2D eigenvalue weighted by atomic mass is 9.98. The van der Waals surface area contributed by atoms with Crippen LogP contribution in [0, 0.1) is 6.92 Å². The summed E-state index contributed by atoms with van der Waals surface area (Å²) in [6, 6.07) is 5.32. The van der Waals surface area contributed by atoms with Gasteiger partial charge in [0.2, 0.25) is 0 Å². The summed E-state index contributed by atoms with van der Waals surface area (Å²) in [6.07, 6.45) is -10.5. The molecule has 8 heteroatoms. The van der Waals surface area contributed by atoms with E-state index in [0.29, 0.717) is 5.56 Å². The molecule has 0 saturated carbocycles. The maximum Gasteiger partial charge on any atom is 0.459 e. The summed E-state index contributed by atoms with van der Waals surface area (Å²) in [7, 11) is 0. The lowest BCUT2D eigenvalue weighted by Gasteiger charge is -2.29. The number of halogens is 7. The summed E-state index contributed by atoms with van der Waals surface area (Å²) >= 11 is 0. The summed E-state index contributed by atoms with van der Waals surface area (Å²) in [5.41, 5.74) is 0.398. The van der Waals surface area contributed by atoms with Crippen molar-refractivity contribution in [3.05, 3.63) is 35.4 Å². The number of hydrogen-bond donors (Lipinski definition) is 1. The van der Waals surface area contributed by atoms with Crippen LogP contribution in [0.4, 0.5) is 30.7 Å². The Morgan fingerprint density at radius 1 is 1.05 bits per heavy atom. The van der Waals surface area contributed by atoms with E-state index in [2.05, 4.69) is 0 Å². The van der Waals surface area contributed by atoms with Gasteiger partial charge in [-0.2, -0.15) is 30.7 Å². The first kappa shape index (κ1) is 16.7. The highest BCUT2D eigenvalue weighted by Crippen LogP contribution is 2.49. The van der Waals surface area contributed by atoms with E-state index in [0.717, 1.165) is 0 Å². The third kappa shape index (κ3) is 3.23. The Morgan fingerprint density at radius 3 is 2.05 bits per heavy atom. The van der Waals surface area contributed by atoms with Crippen LogP contribution in [0.15, 0.2) is 24.3 Å². The van der Waals surface area contributed by atoms with Crippen LogP contribution < -0.4 is 0 Å². The van der Waals surface area contributed by atoms with Gasteiger partial charge >= 0.3 is 18.0 Å². The van der Waals surface area contributed by atoms with Crippen molar-refractivity contribution in [3.63, 3.8) is 0 Å². The Kier molecular flexibility index (Phi) is 4.38. The number of benzene rings is 1. The van der Waals surface area contributed by atoms with Crippen molar-refractivity contribution in [2.24, 2.45) is 0 Å². The van der Waals surface area contributed by atoms with Crippen molar-refractivity contribution in [1.82, 2.24) is 0 Å². The Bertz CT molecular complexity index is 467. The highest BCUT2D eigenvalue weighted by atomic mass is 19.4. The van der Waals surface area contributed by atoms with Gasteiger partial charge in [0.1, 0.15) is 0 Å². The van der Waals surface area contributed by atoms with Crippen LogP contribution >= 0.6 is 0 Å². The molecular weight excluding hydrogens is 293 g/mol. The first-order valence-corrected chi connectivity index (χ1v) is 5.45. The predicted octanol–water partition coefficient (Wildman–Crippen LogP) is 4.25. The van der Waals surface area contributed by atoms with Gasteiger partial charge < -0.3 is 5.11 Å². The minimum atomic E-state index is -6.39. The maximum absolute atomic E-state index is 13.1. The molecule has 20 heavy (non-hydrogen) atoms. The minimum Gasteiger partial charge on any atom is -0.388 e. The second-order valence-corrected chi connectivity index (χ2v) is 4.41. The molecule has 0 spiro atoms. The van der Waals surface area contributed by atoms with Gasteiger partial charge in [-0.15, -0.1) is 0 Å². The number of aliphatic hydroxyl groups is 1. The van der Waals surface area contributed by atoms with Crippen LogP contribution in [0.5, 0.6) is 0 Å². The topological polar surface area (TPSA) is 20.2 Å². The van der Waals surface area contributed by atoms with E-state index in [-0.39, 0.29) is 5.56 Å². The highest BCUT2D eigenvalue weighted by molar-refractivity contribution is 5.24. The number of alkyl halides is 7. The second-order valence-electron chi connectivity index (χ2n) is 4.41. The van der Waals surface area contributed by atoms with E-state index < -0.39 is 30.5 Å². The quantitative estimate of drug-likeness (QED) is 0.824. The van der Waals surface area contributed by atoms with Gasteiger partial charge in [0, 0.05) is 6.42 Å². The van der Waals surface area contributed by atoms with Crippen LogP contribution in [0.25, 0.3) is 0 Å². The molecule has 1 aromatic rings. The summed E-state index contributed by atoms with van der Waals surface area (Å²) < 4.78 is 87.4. The van der Waals surface area contributed by atoms with Gasteiger partial charge in [-0.3, -0.25) is 0 Å². The molecule has 1 atom stereocenters. The van der Waals surface area contributed by atoms with Crippen molar-refractivity contribution < 1.29 is 35.8 Å². The number of aliphatic hydroxyl groups excluding tert-OH is 1. The molecule has 1 N–H and O–H groups in total. The molecule has 1 nitrogen and oxygen atoms in total. The summed E-state index contributed by atoms with van der Waals surface area (Å²) in [5, 5.41) is 9.43. The molecule has 0 fully saturated rings. The van der Waals surface area contributed by atoms with Gasteiger partial charge in [-0.1, -0.05) is 29.8 Å². The van der Waals surface area contributed by atoms with E-state index in [9.17, 15) is 35.8 Å². The third-order valence-corrected chi connectivity index (χ3v) is 2.69. The Labute approximate surface area is 110 Å². The molecule has 114 valence electrons. The van der Waals surface area contributed by atoms with Crippen molar-refractivity contribution in [2.45, 2.75) is 37.5 Å². The average molecular weight is 304 g/mol. The van der Waals surface area contributed by atoms with Crippen molar-refractivity contribution in [1.29, 1.82) is 0 Å². The molecule has 0 saturated heterocycles. The largest absolute Gasteiger partial charge is 0.459 e. The smallest absolute Gasteiger partial charge is 0.388 e. The molecule has 0 amide bonds. The zero-order valence-corrected chi connectivity index (χ0v) is 10.2. The molecule has 0 aliphatic carbocycles. The maximum atomic E-state index is 13.1. The van der Waals surface area contributed by atoms with Crippen LogP contribution in [-0.4, -0.2) is 23.1 Å². The number of rotatable bonds is 4. The summed E-state index contributed by atoms with van der Waals surface area (Å²) in [4.78, 5) is 0. The Morgan fingerprint density at radius 2 is 1.60 bits per heavy atom.